The molecule has 0 bridgehead atoms. The molecule has 1 amide bonds. The maximum Gasteiger partial charge on any atom is 0.229 e. The van der Waals surface area contributed by atoms with Crippen LogP contribution in [0.15, 0.2) is 28.6 Å². The normalized spacial score (nSPS) is 15.5. The molecule has 1 aromatic carbocycles. The summed E-state index contributed by atoms with van der Waals surface area (Å²) in [6.45, 7) is 0. The maximum atomic E-state index is 12.9. The fraction of sp³-hybridized carbons (Fsp3) is 0.438. The molecule has 0 aliphatic heterocycles. The summed E-state index contributed by atoms with van der Waals surface area (Å²) in [6.07, 6.45) is 5.43. The molecule has 23 heavy (non-hydrogen) atoms. The standard InChI is InChI=1S/C16H18FN3OS2/c17-13-8-6-11(7-9-13)10-22-16-20-19-15(23-16)18-14(21)12-4-2-1-3-5-12/h6-9,12H,1-5,10H2,(H,18,19,21). The van der Waals surface area contributed by atoms with E-state index in [1.54, 1.807) is 12.1 Å². The van der Waals surface area contributed by atoms with E-state index in [-0.39, 0.29) is 17.6 Å². The summed E-state index contributed by atoms with van der Waals surface area (Å²) in [6, 6.07) is 6.42. The zero-order valence-electron chi connectivity index (χ0n) is 12.6. The number of thioether (sulfide) groups is 1. The molecule has 4 nitrogen and oxygen atoms in total. The number of aromatic nitrogens is 2. The van der Waals surface area contributed by atoms with Crippen molar-refractivity contribution in [1.82, 2.24) is 10.2 Å². The van der Waals surface area contributed by atoms with Gasteiger partial charge in [-0.3, -0.25) is 4.79 Å². The largest absolute Gasteiger partial charge is 0.300 e. The first-order valence-corrected chi connectivity index (χ1v) is 9.52. The SMILES string of the molecule is O=C(Nc1nnc(SCc2ccc(F)cc2)s1)C1CCCCC1. The molecule has 7 heteroatoms. The minimum Gasteiger partial charge on any atom is -0.300 e. The van der Waals surface area contributed by atoms with E-state index in [1.165, 1.54) is 41.7 Å². The average molecular weight is 351 g/mol. The quantitative estimate of drug-likeness (QED) is 0.637. The lowest BCUT2D eigenvalue weighted by atomic mass is 9.89. The smallest absolute Gasteiger partial charge is 0.229 e. The van der Waals surface area contributed by atoms with Crippen LogP contribution >= 0.6 is 23.1 Å². The van der Waals surface area contributed by atoms with E-state index < -0.39 is 0 Å². The van der Waals surface area contributed by atoms with Gasteiger partial charge in [-0.1, -0.05) is 54.5 Å². The maximum absolute atomic E-state index is 12.9. The molecule has 1 aliphatic rings. The summed E-state index contributed by atoms with van der Waals surface area (Å²) >= 11 is 2.92. The van der Waals surface area contributed by atoms with Crippen molar-refractivity contribution in [2.45, 2.75) is 42.2 Å². The number of hydrogen-bond acceptors (Lipinski definition) is 5. The van der Waals surface area contributed by atoms with Gasteiger partial charge in [0.05, 0.1) is 0 Å². The summed E-state index contributed by atoms with van der Waals surface area (Å²) in [5, 5.41) is 11.6. The van der Waals surface area contributed by atoms with Gasteiger partial charge >= 0.3 is 0 Å². The van der Waals surface area contributed by atoms with E-state index in [2.05, 4.69) is 15.5 Å². The zero-order chi connectivity index (χ0) is 16.1. The lowest BCUT2D eigenvalue weighted by Gasteiger charge is -2.19. The summed E-state index contributed by atoms with van der Waals surface area (Å²) in [5.74, 6) is 0.646. The molecular weight excluding hydrogens is 333 g/mol. The molecule has 0 unspecified atom stereocenters. The van der Waals surface area contributed by atoms with Gasteiger partial charge in [-0.25, -0.2) is 4.39 Å². The molecule has 1 saturated carbocycles. The van der Waals surface area contributed by atoms with Gasteiger partial charge in [0.25, 0.3) is 0 Å². The highest BCUT2D eigenvalue weighted by Gasteiger charge is 2.22. The summed E-state index contributed by atoms with van der Waals surface area (Å²) in [5.41, 5.74) is 1.03. The van der Waals surface area contributed by atoms with Crippen molar-refractivity contribution in [3.63, 3.8) is 0 Å². The third-order valence-electron chi connectivity index (χ3n) is 3.89. The van der Waals surface area contributed by atoms with Crippen LogP contribution in [0.3, 0.4) is 0 Å². The number of carbonyl (C=O) groups excluding carboxylic acids is 1. The highest BCUT2D eigenvalue weighted by molar-refractivity contribution is 8.00. The van der Waals surface area contributed by atoms with E-state index in [0.29, 0.717) is 10.9 Å². The molecule has 0 atom stereocenters. The molecule has 1 fully saturated rings. The Morgan fingerprint density at radius 3 is 2.70 bits per heavy atom. The molecule has 1 N–H and O–H groups in total. The predicted octanol–water partition coefficient (Wildman–Crippen LogP) is 4.49. The van der Waals surface area contributed by atoms with Crippen molar-refractivity contribution < 1.29 is 9.18 Å². The third kappa shape index (κ3) is 4.75. The molecule has 122 valence electrons. The Balaban J connectivity index is 1.51. The Labute approximate surface area is 142 Å². The molecular formula is C16H18FN3OS2. The van der Waals surface area contributed by atoms with Gasteiger partial charge in [0.2, 0.25) is 11.0 Å². The van der Waals surface area contributed by atoms with Crippen molar-refractivity contribution in [2.24, 2.45) is 5.92 Å². The second-order valence-electron chi connectivity index (χ2n) is 5.61. The lowest BCUT2D eigenvalue weighted by Crippen LogP contribution is -2.24. The molecule has 1 aliphatic carbocycles. The van der Waals surface area contributed by atoms with Gasteiger partial charge in [-0.15, -0.1) is 10.2 Å². The van der Waals surface area contributed by atoms with Gasteiger partial charge in [0.1, 0.15) is 5.82 Å². The van der Waals surface area contributed by atoms with Crippen molar-refractivity contribution in [3.8, 4) is 0 Å². The predicted molar refractivity (Wildman–Crippen MR) is 91.1 cm³/mol. The van der Waals surface area contributed by atoms with Crippen LogP contribution in [-0.4, -0.2) is 16.1 Å². The number of carbonyl (C=O) groups is 1. The lowest BCUT2D eigenvalue weighted by molar-refractivity contribution is -0.120. The fourth-order valence-corrected chi connectivity index (χ4v) is 4.33. The first kappa shape index (κ1) is 16.4. The average Bonchev–Trinajstić information content (AvgIpc) is 3.02. The number of nitrogens with one attached hydrogen (secondary N) is 1. The summed E-state index contributed by atoms with van der Waals surface area (Å²) < 4.78 is 13.7. The van der Waals surface area contributed by atoms with Gasteiger partial charge < -0.3 is 5.32 Å². The van der Waals surface area contributed by atoms with Gasteiger partial charge in [-0.2, -0.15) is 0 Å². The zero-order valence-corrected chi connectivity index (χ0v) is 14.3. The highest BCUT2D eigenvalue weighted by Crippen LogP contribution is 2.30. The molecule has 0 saturated heterocycles. The van der Waals surface area contributed by atoms with Gasteiger partial charge in [0.15, 0.2) is 4.34 Å². The van der Waals surface area contributed by atoms with Crippen LogP contribution in [0.2, 0.25) is 0 Å². The minimum absolute atomic E-state index is 0.0657. The van der Waals surface area contributed by atoms with Gasteiger partial charge in [-0.05, 0) is 30.5 Å². The van der Waals surface area contributed by atoms with E-state index >= 15 is 0 Å². The Bertz CT molecular complexity index is 654. The monoisotopic (exact) mass is 351 g/mol. The van der Waals surface area contributed by atoms with Crippen LogP contribution in [0.25, 0.3) is 0 Å². The van der Waals surface area contributed by atoms with Crippen LogP contribution in [0.4, 0.5) is 9.52 Å². The number of halogens is 1. The second-order valence-corrected chi connectivity index (χ2v) is 7.81. The van der Waals surface area contributed by atoms with Crippen molar-refractivity contribution in [2.75, 3.05) is 5.32 Å². The number of rotatable bonds is 5. The third-order valence-corrected chi connectivity index (χ3v) is 5.93. The van der Waals surface area contributed by atoms with Crippen LogP contribution in [0.5, 0.6) is 0 Å². The first-order chi connectivity index (χ1) is 11.2. The number of hydrogen-bond donors (Lipinski definition) is 1. The Hall–Kier alpha value is -1.47. The highest BCUT2D eigenvalue weighted by atomic mass is 32.2. The number of benzene rings is 1. The van der Waals surface area contributed by atoms with Crippen LogP contribution in [-0.2, 0) is 10.5 Å². The van der Waals surface area contributed by atoms with Gasteiger partial charge in [0, 0.05) is 11.7 Å². The van der Waals surface area contributed by atoms with E-state index in [9.17, 15) is 9.18 Å². The molecule has 1 heterocycles. The summed E-state index contributed by atoms with van der Waals surface area (Å²) in [7, 11) is 0. The van der Waals surface area contributed by atoms with Crippen molar-refractivity contribution in [3.05, 3.63) is 35.6 Å². The van der Waals surface area contributed by atoms with E-state index in [0.717, 1.165) is 35.6 Å². The molecule has 0 radical (unpaired) electrons. The Kier molecular flexibility index (Phi) is 5.61. The van der Waals surface area contributed by atoms with E-state index in [1.807, 2.05) is 0 Å². The number of anilines is 1. The Morgan fingerprint density at radius 2 is 1.96 bits per heavy atom. The van der Waals surface area contributed by atoms with Crippen LogP contribution in [0.1, 0.15) is 37.7 Å². The van der Waals surface area contributed by atoms with Crippen LogP contribution in [0, 0.1) is 11.7 Å². The number of nitrogens with zero attached hydrogens (tertiary/aromatic N) is 2. The second kappa shape index (κ2) is 7.88. The molecule has 0 spiro atoms. The van der Waals surface area contributed by atoms with Crippen molar-refractivity contribution in [1.29, 1.82) is 0 Å². The number of amides is 1. The topological polar surface area (TPSA) is 54.9 Å². The fourth-order valence-electron chi connectivity index (χ4n) is 2.62. The first-order valence-electron chi connectivity index (χ1n) is 7.72. The molecule has 1 aromatic heterocycles. The van der Waals surface area contributed by atoms with Crippen molar-refractivity contribution >= 4 is 34.1 Å². The Morgan fingerprint density at radius 1 is 1.22 bits per heavy atom. The summed E-state index contributed by atoms with van der Waals surface area (Å²) in [4.78, 5) is 12.2. The van der Waals surface area contributed by atoms with Crippen LogP contribution < -0.4 is 5.32 Å². The molecule has 2 aromatic rings. The minimum atomic E-state index is -0.234. The van der Waals surface area contributed by atoms with E-state index in [4.69, 9.17) is 0 Å². The molecule has 3 rings (SSSR count).